The van der Waals surface area contributed by atoms with Crippen molar-refractivity contribution >= 4 is 5.91 Å². The summed E-state index contributed by atoms with van der Waals surface area (Å²) in [5, 5.41) is 11.1. The summed E-state index contributed by atoms with van der Waals surface area (Å²) >= 11 is 0. The van der Waals surface area contributed by atoms with Crippen LogP contribution in [0.4, 0.5) is 8.78 Å². The molecule has 2 bridgehead atoms. The number of amides is 1. The summed E-state index contributed by atoms with van der Waals surface area (Å²) in [6, 6.07) is 8.28. The average molecular weight is 533 g/mol. The second-order valence-electron chi connectivity index (χ2n) is 10.5. The van der Waals surface area contributed by atoms with Crippen LogP contribution in [0.25, 0.3) is 17.2 Å². The van der Waals surface area contributed by atoms with Crippen LogP contribution in [0.1, 0.15) is 53.3 Å². The van der Waals surface area contributed by atoms with Crippen LogP contribution >= 0.6 is 0 Å². The van der Waals surface area contributed by atoms with Crippen molar-refractivity contribution in [1.82, 2.24) is 29.5 Å². The number of hydrogen-bond acceptors (Lipinski definition) is 4. The molecule has 39 heavy (non-hydrogen) atoms. The number of nitrogens with one attached hydrogen (secondary N) is 2. The molecule has 1 saturated heterocycles. The number of nitrogens with zero attached hydrogens (tertiary/aromatic N) is 4. The van der Waals surface area contributed by atoms with Gasteiger partial charge in [0.05, 0.1) is 23.5 Å². The molecule has 4 aromatic rings. The first-order chi connectivity index (χ1) is 18.7. The van der Waals surface area contributed by atoms with Crippen LogP contribution < -0.4 is 16.3 Å². The minimum absolute atomic E-state index is 0.0515. The second kappa shape index (κ2) is 9.60. The highest BCUT2D eigenvalue weighted by Crippen LogP contribution is 2.38. The molecule has 2 aliphatic rings. The third kappa shape index (κ3) is 4.28. The number of hydrogen-bond donors (Lipinski definition) is 2. The summed E-state index contributed by atoms with van der Waals surface area (Å²) in [7, 11) is 1.50. The van der Waals surface area contributed by atoms with Crippen LogP contribution in [0.3, 0.4) is 0 Å². The number of benzene rings is 2. The number of aryl methyl sites for hydroxylation is 2. The Hall–Kier alpha value is -4.05. The standard InChI is InChI=1S/C29H30F2N6O2/c1-16-11-21(12-17(2)27(16)31)37-28(26-23-6-4-5-19(33-23)14-24(26)34-37)36-10-9-35(29(36)39)20-8-7-18(22(30)15-20)13-25(38)32-3/h7-12,15,19,23,33H,4-6,13-14H2,1-3H3,(H,32,38)/t19-,23+/m1/s1. The van der Waals surface area contributed by atoms with Crippen molar-refractivity contribution in [2.24, 2.45) is 0 Å². The van der Waals surface area contributed by atoms with Gasteiger partial charge in [0.1, 0.15) is 17.5 Å². The van der Waals surface area contributed by atoms with Crippen molar-refractivity contribution in [1.29, 1.82) is 0 Å². The molecule has 1 fully saturated rings. The van der Waals surface area contributed by atoms with Gasteiger partial charge >= 0.3 is 5.69 Å². The van der Waals surface area contributed by atoms with Gasteiger partial charge in [-0.15, -0.1) is 0 Å². The molecule has 202 valence electrons. The summed E-state index contributed by atoms with van der Waals surface area (Å²) < 4.78 is 34.0. The Morgan fingerprint density at radius 1 is 1.08 bits per heavy atom. The van der Waals surface area contributed by atoms with Crippen LogP contribution in [0.5, 0.6) is 0 Å². The lowest BCUT2D eigenvalue weighted by Crippen LogP contribution is -2.43. The van der Waals surface area contributed by atoms with E-state index in [1.807, 2.05) is 0 Å². The number of fused-ring (bicyclic) bond motifs is 4. The Kier molecular flexibility index (Phi) is 6.22. The number of halogens is 2. The molecule has 6 rings (SSSR count). The highest BCUT2D eigenvalue weighted by atomic mass is 19.1. The summed E-state index contributed by atoms with van der Waals surface area (Å²) in [6.07, 6.45) is 7.00. The Balaban J connectivity index is 1.50. The maximum atomic E-state index is 14.8. The molecule has 1 amide bonds. The molecule has 2 aliphatic heterocycles. The molecule has 0 spiro atoms. The predicted molar refractivity (Wildman–Crippen MR) is 143 cm³/mol. The quantitative estimate of drug-likeness (QED) is 0.410. The van der Waals surface area contributed by atoms with Crippen molar-refractivity contribution in [3.63, 3.8) is 0 Å². The van der Waals surface area contributed by atoms with E-state index in [0.29, 0.717) is 34.4 Å². The van der Waals surface area contributed by atoms with E-state index in [9.17, 15) is 18.4 Å². The van der Waals surface area contributed by atoms with E-state index in [0.717, 1.165) is 36.9 Å². The molecule has 0 unspecified atom stereocenters. The minimum atomic E-state index is -0.562. The zero-order valence-electron chi connectivity index (χ0n) is 22.1. The number of carbonyl (C=O) groups is 1. The van der Waals surface area contributed by atoms with Crippen LogP contribution in [0, 0.1) is 25.5 Å². The fraction of sp³-hybridized carbons (Fsp3) is 0.345. The molecule has 0 radical (unpaired) electrons. The van der Waals surface area contributed by atoms with Gasteiger partial charge in [0.15, 0.2) is 0 Å². The van der Waals surface area contributed by atoms with Crippen molar-refractivity contribution < 1.29 is 13.6 Å². The van der Waals surface area contributed by atoms with Crippen LogP contribution in [0.15, 0.2) is 47.5 Å². The number of piperidine rings is 1. The van der Waals surface area contributed by atoms with E-state index < -0.39 is 5.82 Å². The number of rotatable bonds is 5. The minimum Gasteiger partial charge on any atom is -0.359 e. The molecule has 8 nitrogen and oxygen atoms in total. The Labute approximate surface area is 224 Å². The largest absolute Gasteiger partial charge is 0.359 e. The predicted octanol–water partition coefficient (Wildman–Crippen LogP) is 3.74. The molecular weight excluding hydrogens is 502 g/mol. The number of carbonyl (C=O) groups excluding carboxylic acids is 1. The lowest BCUT2D eigenvalue weighted by atomic mass is 9.85. The molecule has 2 atom stereocenters. The molecule has 2 aromatic heterocycles. The van der Waals surface area contributed by atoms with Gasteiger partial charge in [-0.1, -0.05) is 6.07 Å². The molecule has 10 heteroatoms. The normalized spacial score (nSPS) is 18.2. The fourth-order valence-corrected chi connectivity index (χ4v) is 5.90. The van der Waals surface area contributed by atoms with Crippen molar-refractivity contribution in [3.8, 4) is 17.2 Å². The maximum Gasteiger partial charge on any atom is 0.338 e. The van der Waals surface area contributed by atoms with E-state index in [-0.39, 0.29) is 35.4 Å². The fourth-order valence-electron chi connectivity index (χ4n) is 5.90. The first-order valence-corrected chi connectivity index (χ1v) is 13.2. The zero-order chi connectivity index (χ0) is 27.4. The van der Waals surface area contributed by atoms with Crippen LogP contribution in [-0.4, -0.2) is 37.9 Å². The SMILES string of the molecule is CNC(=O)Cc1ccc(-n2ccn(-c3c4c(nn3-c3cc(C)c(F)c(C)c3)C[C@H]3CCC[C@@H]4N3)c2=O)cc1F. The monoisotopic (exact) mass is 532 g/mol. The smallest absolute Gasteiger partial charge is 0.338 e. The van der Waals surface area contributed by atoms with Crippen molar-refractivity contribution in [2.45, 2.75) is 58.0 Å². The molecule has 0 aliphatic carbocycles. The van der Waals surface area contributed by atoms with E-state index >= 15 is 0 Å². The summed E-state index contributed by atoms with van der Waals surface area (Å²) in [5.74, 6) is -0.519. The Bertz CT molecular complexity index is 1640. The first kappa shape index (κ1) is 25.2. The number of aromatic nitrogens is 4. The molecule has 0 saturated carbocycles. The van der Waals surface area contributed by atoms with Gasteiger partial charge in [-0.05, 0) is 74.1 Å². The van der Waals surface area contributed by atoms with Gasteiger partial charge in [0.25, 0.3) is 0 Å². The third-order valence-electron chi connectivity index (χ3n) is 7.86. The van der Waals surface area contributed by atoms with Crippen molar-refractivity contribution in [3.05, 3.63) is 92.8 Å². The topological polar surface area (TPSA) is 85.9 Å². The average Bonchev–Trinajstić information content (AvgIpc) is 3.48. The van der Waals surface area contributed by atoms with E-state index in [2.05, 4.69) is 10.6 Å². The van der Waals surface area contributed by atoms with Crippen LogP contribution in [0.2, 0.25) is 0 Å². The van der Waals surface area contributed by atoms with E-state index in [4.69, 9.17) is 5.10 Å². The van der Waals surface area contributed by atoms with E-state index in [1.54, 1.807) is 49.1 Å². The maximum absolute atomic E-state index is 14.8. The molecule has 2 aromatic carbocycles. The van der Waals surface area contributed by atoms with Gasteiger partial charge in [-0.3, -0.25) is 13.9 Å². The van der Waals surface area contributed by atoms with Gasteiger partial charge in [0, 0.05) is 43.5 Å². The third-order valence-corrected chi connectivity index (χ3v) is 7.86. The molecule has 4 heterocycles. The highest BCUT2D eigenvalue weighted by Gasteiger charge is 2.36. The highest BCUT2D eigenvalue weighted by molar-refractivity contribution is 5.78. The first-order valence-electron chi connectivity index (χ1n) is 13.2. The second-order valence-corrected chi connectivity index (χ2v) is 10.5. The summed E-state index contributed by atoms with van der Waals surface area (Å²) in [5.41, 5.74) is 3.79. The lowest BCUT2D eigenvalue weighted by Gasteiger charge is -2.35. The van der Waals surface area contributed by atoms with Gasteiger partial charge < -0.3 is 10.6 Å². The molecular formula is C29H30F2N6O2. The summed E-state index contributed by atoms with van der Waals surface area (Å²) in [4.78, 5) is 25.5. The van der Waals surface area contributed by atoms with E-state index in [1.165, 1.54) is 28.3 Å². The van der Waals surface area contributed by atoms with Crippen molar-refractivity contribution in [2.75, 3.05) is 7.05 Å². The number of imidazole rings is 1. The van der Waals surface area contributed by atoms with Gasteiger partial charge in [-0.2, -0.15) is 5.10 Å². The number of likely N-dealkylation sites (N-methyl/N-ethyl adjacent to an activating group) is 1. The van der Waals surface area contributed by atoms with Gasteiger partial charge in [0.2, 0.25) is 5.91 Å². The Morgan fingerprint density at radius 3 is 2.54 bits per heavy atom. The lowest BCUT2D eigenvalue weighted by molar-refractivity contribution is -0.120. The Morgan fingerprint density at radius 2 is 1.82 bits per heavy atom. The molecule has 2 N–H and O–H groups in total. The van der Waals surface area contributed by atoms with Crippen LogP contribution in [-0.2, 0) is 17.6 Å². The summed E-state index contributed by atoms with van der Waals surface area (Å²) in [6.45, 7) is 3.43. The zero-order valence-corrected chi connectivity index (χ0v) is 22.1. The van der Waals surface area contributed by atoms with Gasteiger partial charge in [-0.25, -0.2) is 18.3 Å².